The van der Waals surface area contributed by atoms with Gasteiger partial charge in [0.2, 0.25) is 0 Å². The van der Waals surface area contributed by atoms with Crippen LogP contribution in [-0.2, 0) is 0 Å². The molecule has 29 heavy (non-hydrogen) atoms. The summed E-state index contributed by atoms with van der Waals surface area (Å²) in [6, 6.07) is 23.5. The minimum atomic E-state index is 0. The van der Waals surface area contributed by atoms with Crippen molar-refractivity contribution in [1.82, 2.24) is 0 Å². The van der Waals surface area contributed by atoms with E-state index in [4.69, 9.17) is 11.5 Å². The molecule has 3 nitrogen and oxygen atoms in total. The molecule has 3 aromatic carbocycles. The van der Waals surface area contributed by atoms with Gasteiger partial charge < -0.3 is 16.4 Å². The lowest BCUT2D eigenvalue weighted by Crippen LogP contribution is -2.34. The van der Waals surface area contributed by atoms with Crippen LogP contribution in [0.1, 0.15) is 49.8 Å². The molecule has 1 aliphatic heterocycles. The highest BCUT2D eigenvalue weighted by molar-refractivity contribution is 14.0. The molecule has 1 heterocycles. The van der Waals surface area contributed by atoms with Crippen LogP contribution in [0.3, 0.4) is 0 Å². The molecule has 0 amide bonds. The smallest absolute Gasteiger partial charge is 0.0802 e. The normalized spacial score (nSPS) is 14.7. The number of nitrogens with two attached hydrogens (primary N) is 2. The lowest BCUT2D eigenvalue weighted by atomic mass is 9.84. The Morgan fingerprint density at radius 1 is 0.793 bits per heavy atom. The van der Waals surface area contributed by atoms with E-state index in [0.717, 1.165) is 17.9 Å². The van der Waals surface area contributed by atoms with Crippen molar-refractivity contribution in [2.45, 2.75) is 38.6 Å². The Balaban J connectivity index is 0.00000240. The monoisotopic (exact) mass is 499 g/mol. The molecule has 152 valence electrons. The fraction of sp³-hybridized carbons (Fsp3) is 0.280. The second-order valence-electron chi connectivity index (χ2n) is 7.69. The second-order valence-corrected chi connectivity index (χ2v) is 7.69. The summed E-state index contributed by atoms with van der Waals surface area (Å²) in [5.74, 6) is 0. The first kappa shape index (κ1) is 21.5. The second kappa shape index (κ2) is 9.53. The van der Waals surface area contributed by atoms with Crippen molar-refractivity contribution in [3.05, 3.63) is 77.9 Å². The zero-order valence-corrected chi connectivity index (χ0v) is 19.3. The van der Waals surface area contributed by atoms with Gasteiger partial charge in [0.15, 0.2) is 0 Å². The van der Waals surface area contributed by atoms with E-state index in [1.165, 1.54) is 53.6 Å². The summed E-state index contributed by atoms with van der Waals surface area (Å²) >= 11 is 0. The van der Waals surface area contributed by atoms with E-state index in [0.29, 0.717) is 0 Å². The summed E-state index contributed by atoms with van der Waals surface area (Å²) in [6.45, 7) is 3.26. The molecule has 0 fully saturated rings. The molecule has 4 rings (SSSR count). The Bertz CT molecular complexity index is 956. The van der Waals surface area contributed by atoms with E-state index >= 15 is 0 Å². The van der Waals surface area contributed by atoms with Gasteiger partial charge in [-0.25, -0.2) is 0 Å². The third kappa shape index (κ3) is 4.37. The molecule has 0 saturated heterocycles. The number of benzene rings is 3. The molecule has 0 bridgehead atoms. The van der Waals surface area contributed by atoms with E-state index in [-0.39, 0.29) is 30.0 Å². The maximum absolute atomic E-state index is 6.21. The Kier molecular flexibility index (Phi) is 7.06. The molecule has 0 aromatic heterocycles. The maximum Gasteiger partial charge on any atom is 0.0802 e. The van der Waals surface area contributed by atoms with E-state index in [1.807, 2.05) is 12.1 Å². The van der Waals surface area contributed by atoms with Gasteiger partial charge in [-0.3, -0.25) is 0 Å². The highest BCUT2D eigenvalue weighted by atomic mass is 127. The maximum atomic E-state index is 6.21. The van der Waals surface area contributed by atoms with Gasteiger partial charge in [-0.1, -0.05) is 68.7 Å². The van der Waals surface area contributed by atoms with Crippen molar-refractivity contribution in [2.24, 2.45) is 0 Å². The van der Waals surface area contributed by atoms with Crippen molar-refractivity contribution in [1.29, 1.82) is 0 Å². The first-order valence-corrected chi connectivity index (χ1v) is 10.3. The standard InChI is InChI=1S/C25H29N3.HI/c1-2-3-4-8-15-28-24-17-20(27)12-14-22(24)21-13-11-19(26)16-23(21)25(28)18-9-6-5-7-10-18;/h5-7,9-14,16-17,25H,2-4,8,15,26-27H2,1H3;1H. The summed E-state index contributed by atoms with van der Waals surface area (Å²) in [7, 11) is 0. The molecule has 4 N–H and O–H groups in total. The van der Waals surface area contributed by atoms with Gasteiger partial charge in [0, 0.05) is 29.2 Å². The number of hydrogen-bond donors (Lipinski definition) is 2. The molecule has 0 aliphatic carbocycles. The van der Waals surface area contributed by atoms with Crippen molar-refractivity contribution in [3.8, 4) is 11.1 Å². The number of nitrogen functional groups attached to an aromatic ring is 2. The van der Waals surface area contributed by atoms with Gasteiger partial charge in [0.25, 0.3) is 0 Å². The van der Waals surface area contributed by atoms with Gasteiger partial charge >= 0.3 is 0 Å². The minimum absolute atomic E-state index is 0. The molecule has 3 aromatic rings. The SMILES string of the molecule is CCCCCCN1c2cc(N)ccc2-c2ccc(N)cc2C1c1ccccc1.I. The average molecular weight is 499 g/mol. The number of anilines is 3. The summed E-state index contributed by atoms with van der Waals surface area (Å²) < 4.78 is 0. The average Bonchev–Trinajstić information content (AvgIpc) is 2.71. The molecule has 0 saturated carbocycles. The van der Waals surface area contributed by atoms with Gasteiger partial charge in [-0.05, 0) is 47.4 Å². The van der Waals surface area contributed by atoms with Crippen molar-refractivity contribution in [3.63, 3.8) is 0 Å². The number of hydrogen-bond acceptors (Lipinski definition) is 3. The molecular weight excluding hydrogens is 469 g/mol. The zero-order valence-electron chi connectivity index (χ0n) is 17.0. The summed E-state index contributed by atoms with van der Waals surface area (Å²) in [5.41, 5.74) is 20.3. The Morgan fingerprint density at radius 3 is 2.21 bits per heavy atom. The summed E-state index contributed by atoms with van der Waals surface area (Å²) in [6.07, 6.45) is 4.93. The van der Waals surface area contributed by atoms with Crippen LogP contribution in [-0.4, -0.2) is 6.54 Å². The molecule has 1 aliphatic rings. The fourth-order valence-electron chi connectivity index (χ4n) is 4.33. The lowest BCUT2D eigenvalue weighted by Gasteiger charge is -2.41. The van der Waals surface area contributed by atoms with Crippen LogP contribution in [0.25, 0.3) is 11.1 Å². The third-order valence-electron chi connectivity index (χ3n) is 5.67. The Hall–Kier alpha value is -2.21. The predicted octanol–water partition coefficient (Wildman–Crippen LogP) is 6.63. The van der Waals surface area contributed by atoms with Crippen LogP contribution in [0.4, 0.5) is 17.1 Å². The first-order chi connectivity index (χ1) is 13.7. The van der Waals surface area contributed by atoms with Gasteiger partial charge in [0.1, 0.15) is 0 Å². The van der Waals surface area contributed by atoms with Crippen molar-refractivity contribution >= 4 is 41.0 Å². The van der Waals surface area contributed by atoms with E-state index in [2.05, 4.69) is 66.4 Å². The Morgan fingerprint density at radius 2 is 1.48 bits per heavy atom. The molecule has 0 radical (unpaired) electrons. The minimum Gasteiger partial charge on any atom is -0.399 e. The molecule has 0 spiro atoms. The number of rotatable bonds is 6. The number of unbranched alkanes of at least 4 members (excludes halogenated alkanes) is 3. The largest absolute Gasteiger partial charge is 0.399 e. The van der Waals surface area contributed by atoms with Gasteiger partial charge in [-0.15, -0.1) is 24.0 Å². The topological polar surface area (TPSA) is 55.3 Å². The highest BCUT2D eigenvalue weighted by Gasteiger charge is 2.32. The van der Waals surface area contributed by atoms with E-state index in [9.17, 15) is 0 Å². The molecule has 1 unspecified atom stereocenters. The number of halogens is 1. The van der Waals surface area contributed by atoms with E-state index < -0.39 is 0 Å². The van der Waals surface area contributed by atoms with Crippen molar-refractivity contribution in [2.75, 3.05) is 22.9 Å². The van der Waals surface area contributed by atoms with Gasteiger partial charge in [-0.2, -0.15) is 0 Å². The quantitative estimate of drug-likeness (QED) is 0.228. The highest BCUT2D eigenvalue weighted by Crippen LogP contribution is 2.48. The van der Waals surface area contributed by atoms with Gasteiger partial charge in [0.05, 0.1) is 6.04 Å². The molecule has 4 heteroatoms. The Labute approximate surface area is 191 Å². The van der Waals surface area contributed by atoms with Crippen molar-refractivity contribution < 1.29 is 0 Å². The number of fused-ring (bicyclic) bond motifs is 3. The molecule has 1 atom stereocenters. The van der Waals surface area contributed by atoms with Crippen LogP contribution < -0.4 is 16.4 Å². The fourth-order valence-corrected chi connectivity index (χ4v) is 4.33. The zero-order chi connectivity index (χ0) is 19.5. The summed E-state index contributed by atoms with van der Waals surface area (Å²) in [5, 5.41) is 0. The third-order valence-corrected chi connectivity index (χ3v) is 5.67. The van der Waals surface area contributed by atoms with Crippen LogP contribution in [0.5, 0.6) is 0 Å². The number of nitrogens with zero attached hydrogens (tertiary/aromatic N) is 1. The van der Waals surface area contributed by atoms with Crippen LogP contribution in [0.2, 0.25) is 0 Å². The van der Waals surface area contributed by atoms with E-state index in [1.54, 1.807) is 0 Å². The molecular formula is C25H30IN3. The van der Waals surface area contributed by atoms with Crippen LogP contribution in [0, 0.1) is 0 Å². The van der Waals surface area contributed by atoms with Crippen LogP contribution >= 0.6 is 24.0 Å². The first-order valence-electron chi connectivity index (χ1n) is 10.3. The summed E-state index contributed by atoms with van der Waals surface area (Å²) in [4.78, 5) is 2.53. The lowest BCUT2D eigenvalue weighted by molar-refractivity contribution is 0.613. The van der Waals surface area contributed by atoms with Crippen LogP contribution in [0.15, 0.2) is 66.7 Å². The predicted molar refractivity (Wildman–Crippen MR) is 136 cm³/mol.